The Morgan fingerprint density at radius 3 is 2.40 bits per heavy atom. The second-order valence-electron chi connectivity index (χ2n) is 5.91. The minimum Gasteiger partial charge on any atom is -0.375 e. The van der Waals surface area contributed by atoms with Gasteiger partial charge in [-0.1, -0.05) is 6.42 Å². The second kappa shape index (κ2) is 3.74. The third-order valence-electron chi connectivity index (χ3n) is 5.03. The van der Waals surface area contributed by atoms with Gasteiger partial charge in [0, 0.05) is 12.6 Å². The third kappa shape index (κ3) is 1.72. The highest BCUT2D eigenvalue weighted by atomic mass is 16.5. The van der Waals surface area contributed by atoms with Crippen LogP contribution in [0.4, 0.5) is 0 Å². The van der Waals surface area contributed by atoms with E-state index in [2.05, 4.69) is 0 Å². The van der Waals surface area contributed by atoms with Crippen molar-refractivity contribution >= 4 is 0 Å². The van der Waals surface area contributed by atoms with Crippen molar-refractivity contribution in [2.24, 2.45) is 17.6 Å². The van der Waals surface area contributed by atoms with Gasteiger partial charge in [-0.15, -0.1) is 0 Å². The summed E-state index contributed by atoms with van der Waals surface area (Å²) in [4.78, 5) is 0. The lowest BCUT2D eigenvalue weighted by molar-refractivity contribution is -0.148. The van der Waals surface area contributed by atoms with E-state index in [9.17, 15) is 0 Å². The monoisotopic (exact) mass is 209 g/mol. The lowest BCUT2D eigenvalue weighted by atomic mass is 9.66. The molecule has 0 aromatic heterocycles. The average Bonchev–Trinajstić information content (AvgIpc) is 2.13. The van der Waals surface area contributed by atoms with Crippen molar-refractivity contribution in [3.63, 3.8) is 0 Å². The molecule has 3 rings (SSSR count). The van der Waals surface area contributed by atoms with E-state index in [0.29, 0.717) is 6.04 Å². The topological polar surface area (TPSA) is 35.2 Å². The molecule has 2 aliphatic carbocycles. The van der Waals surface area contributed by atoms with Gasteiger partial charge in [0.1, 0.15) is 0 Å². The molecule has 0 aromatic rings. The van der Waals surface area contributed by atoms with Crippen LogP contribution in [0.5, 0.6) is 0 Å². The number of hydrogen-bond acceptors (Lipinski definition) is 2. The van der Waals surface area contributed by atoms with Crippen molar-refractivity contribution in [1.29, 1.82) is 0 Å². The first kappa shape index (κ1) is 10.1. The highest BCUT2D eigenvalue weighted by molar-refractivity contribution is 4.97. The number of nitrogens with two attached hydrogens (primary N) is 1. The van der Waals surface area contributed by atoms with E-state index in [1.54, 1.807) is 0 Å². The van der Waals surface area contributed by atoms with Crippen LogP contribution in [-0.4, -0.2) is 18.2 Å². The number of ether oxygens (including phenoxy) is 1. The van der Waals surface area contributed by atoms with Crippen molar-refractivity contribution in [2.45, 2.75) is 63.0 Å². The second-order valence-corrected chi connectivity index (χ2v) is 5.91. The van der Waals surface area contributed by atoms with Crippen molar-refractivity contribution in [2.75, 3.05) is 6.61 Å². The molecule has 2 atom stereocenters. The fourth-order valence-electron chi connectivity index (χ4n) is 3.52. The summed E-state index contributed by atoms with van der Waals surface area (Å²) >= 11 is 0. The summed E-state index contributed by atoms with van der Waals surface area (Å²) in [6, 6.07) is 0.472. The Balaban J connectivity index is 1.60. The van der Waals surface area contributed by atoms with Crippen LogP contribution in [0, 0.1) is 11.8 Å². The van der Waals surface area contributed by atoms with E-state index in [1.807, 2.05) is 0 Å². The van der Waals surface area contributed by atoms with Crippen LogP contribution in [0.1, 0.15) is 51.4 Å². The lowest BCUT2D eigenvalue weighted by Gasteiger charge is -2.50. The van der Waals surface area contributed by atoms with Crippen LogP contribution in [-0.2, 0) is 4.74 Å². The molecule has 0 amide bonds. The molecule has 0 aromatic carbocycles. The van der Waals surface area contributed by atoms with Crippen molar-refractivity contribution in [3.05, 3.63) is 0 Å². The third-order valence-corrected chi connectivity index (χ3v) is 5.03. The SMILES string of the molecule is NC(C1CCC1)C1CCOC2(CCC2)C1. The van der Waals surface area contributed by atoms with Gasteiger partial charge in [-0.3, -0.25) is 0 Å². The highest BCUT2D eigenvalue weighted by Gasteiger charge is 2.45. The molecule has 2 N–H and O–H groups in total. The first-order chi connectivity index (χ1) is 7.29. The minimum atomic E-state index is 0.282. The van der Waals surface area contributed by atoms with Crippen molar-refractivity contribution < 1.29 is 4.74 Å². The smallest absolute Gasteiger partial charge is 0.0685 e. The predicted octanol–water partition coefficient (Wildman–Crippen LogP) is 2.46. The van der Waals surface area contributed by atoms with E-state index in [4.69, 9.17) is 10.5 Å². The predicted molar refractivity (Wildman–Crippen MR) is 60.6 cm³/mol. The van der Waals surface area contributed by atoms with Gasteiger partial charge in [0.15, 0.2) is 0 Å². The van der Waals surface area contributed by atoms with Crippen LogP contribution in [0.15, 0.2) is 0 Å². The van der Waals surface area contributed by atoms with Gasteiger partial charge in [-0.2, -0.15) is 0 Å². The zero-order chi connectivity index (χ0) is 10.3. The summed E-state index contributed by atoms with van der Waals surface area (Å²) in [7, 11) is 0. The van der Waals surface area contributed by atoms with Crippen molar-refractivity contribution in [3.8, 4) is 0 Å². The Morgan fingerprint density at radius 1 is 1.07 bits per heavy atom. The maximum atomic E-state index is 6.40. The molecule has 2 unspecified atom stereocenters. The Bertz CT molecular complexity index is 233. The van der Waals surface area contributed by atoms with Crippen molar-refractivity contribution in [1.82, 2.24) is 0 Å². The number of rotatable bonds is 2. The summed E-state index contributed by atoms with van der Waals surface area (Å²) in [5, 5.41) is 0. The normalized spacial score (nSPS) is 37.0. The fraction of sp³-hybridized carbons (Fsp3) is 1.00. The zero-order valence-electron chi connectivity index (χ0n) is 9.58. The van der Waals surface area contributed by atoms with Crippen LogP contribution < -0.4 is 5.73 Å². The molecule has 1 aliphatic heterocycles. The minimum absolute atomic E-state index is 0.282. The molecular formula is C13H23NO. The van der Waals surface area contributed by atoms with Gasteiger partial charge in [-0.05, 0) is 56.8 Å². The highest BCUT2D eigenvalue weighted by Crippen LogP contribution is 2.46. The van der Waals surface area contributed by atoms with Gasteiger partial charge in [0.05, 0.1) is 5.60 Å². The van der Waals surface area contributed by atoms with Crippen LogP contribution in [0.25, 0.3) is 0 Å². The molecule has 3 aliphatic rings. The summed E-state index contributed by atoms with van der Waals surface area (Å²) < 4.78 is 5.96. The number of hydrogen-bond donors (Lipinski definition) is 1. The van der Waals surface area contributed by atoms with E-state index < -0.39 is 0 Å². The van der Waals surface area contributed by atoms with Gasteiger partial charge < -0.3 is 10.5 Å². The molecule has 86 valence electrons. The summed E-state index contributed by atoms with van der Waals surface area (Å²) in [5.41, 5.74) is 6.68. The van der Waals surface area contributed by atoms with E-state index in [1.165, 1.54) is 51.4 Å². The Hall–Kier alpha value is -0.0800. The average molecular weight is 209 g/mol. The summed E-state index contributed by atoms with van der Waals surface area (Å²) in [6.45, 7) is 0.963. The maximum Gasteiger partial charge on any atom is 0.0685 e. The molecule has 1 spiro atoms. The summed E-state index contributed by atoms with van der Waals surface area (Å²) in [5.74, 6) is 1.59. The Morgan fingerprint density at radius 2 is 1.87 bits per heavy atom. The molecule has 2 nitrogen and oxygen atoms in total. The molecular weight excluding hydrogens is 186 g/mol. The first-order valence-corrected chi connectivity index (χ1v) is 6.69. The van der Waals surface area contributed by atoms with E-state index >= 15 is 0 Å². The van der Waals surface area contributed by atoms with Gasteiger partial charge in [0.2, 0.25) is 0 Å². The maximum absolute atomic E-state index is 6.40. The molecule has 1 heterocycles. The summed E-state index contributed by atoms with van der Waals surface area (Å²) in [6.07, 6.45) is 10.6. The fourth-order valence-corrected chi connectivity index (χ4v) is 3.52. The molecule has 15 heavy (non-hydrogen) atoms. The van der Waals surface area contributed by atoms with Gasteiger partial charge >= 0.3 is 0 Å². The molecule has 2 heteroatoms. The molecule has 1 saturated heterocycles. The van der Waals surface area contributed by atoms with Gasteiger partial charge in [0.25, 0.3) is 0 Å². The standard InChI is InChI=1S/C13H23NO/c14-12(10-3-1-4-10)11-5-8-15-13(9-11)6-2-7-13/h10-12H,1-9,14H2. The van der Waals surface area contributed by atoms with Crippen LogP contribution >= 0.6 is 0 Å². The Kier molecular flexibility index (Phi) is 2.52. The zero-order valence-corrected chi connectivity index (χ0v) is 9.58. The molecule has 0 radical (unpaired) electrons. The van der Waals surface area contributed by atoms with Crippen LogP contribution in [0.2, 0.25) is 0 Å². The molecule has 3 fully saturated rings. The first-order valence-electron chi connectivity index (χ1n) is 6.69. The van der Waals surface area contributed by atoms with E-state index in [-0.39, 0.29) is 5.60 Å². The largest absolute Gasteiger partial charge is 0.375 e. The quantitative estimate of drug-likeness (QED) is 0.758. The van der Waals surface area contributed by atoms with E-state index in [0.717, 1.165) is 18.4 Å². The van der Waals surface area contributed by atoms with Gasteiger partial charge in [-0.25, -0.2) is 0 Å². The van der Waals surface area contributed by atoms with Crippen LogP contribution in [0.3, 0.4) is 0 Å². The molecule has 2 saturated carbocycles. The molecule has 0 bridgehead atoms. The Labute approximate surface area is 92.6 Å². The lowest BCUT2D eigenvalue weighted by Crippen LogP contribution is -2.51.